The number of alkyl halides is 2. The number of aromatic amines is 1. The minimum Gasteiger partial charge on any atom is -0.493 e. The Morgan fingerprint density at radius 2 is 2.03 bits per heavy atom. The molecule has 1 aliphatic heterocycles. The highest BCUT2D eigenvalue weighted by atomic mass is 35.5. The fourth-order valence-corrected chi connectivity index (χ4v) is 4.71. The molecule has 0 fully saturated rings. The summed E-state index contributed by atoms with van der Waals surface area (Å²) in [5, 5.41) is 12.4. The van der Waals surface area contributed by atoms with Crippen LogP contribution in [-0.4, -0.2) is 33.7 Å². The van der Waals surface area contributed by atoms with E-state index in [1.165, 1.54) is 0 Å². The van der Waals surface area contributed by atoms with Crippen molar-refractivity contribution in [3.63, 3.8) is 0 Å². The normalized spacial score (nSPS) is 16.0. The van der Waals surface area contributed by atoms with E-state index in [1.807, 2.05) is 32.9 Å². The molecule has 0 amide bonds. The molecule has 30 heavy (non-hydrogen) atoms. The number of halogens is 3. The Kier molecular flexibility index (Phi) is 5.27. The predicted octanol–water partition coefficient (Wildman–Crippen LogP) is 5.37. The Morgan fingerprint density at radius 1 is 1.27 bits per heavy atom. The van der Waals surface area contributed by atoms with Crippen molar-refractivity contribution in [2.45, 2.75) is 57.5 Å². The quantitative estimate of drug-likeness (QED) is 0.548. The van der Waals surface area contributed by atoms with Crippen LogP contribution in [0, 0.1) is 6.92 Å². The van der Waals surface area contributed by atoms with Gasteiger partial charge in [-0.05, 0) is 48.6 Å². The summed E-state index contributed by atoms with van der Waals surface area (Å²) in [5.41, 5.74) is 0.909. The maximum absolute atomic E-state index is 14.2. The summed E-state index contributed by atoms with van der Waals surface area (Å²) in [5.74, 6) is 0.702. The van der Waals surface area contributed by atoms with Crippen molar-refractivity contribution >= 4 is 22.5 Å². The summed E-state index contributed by atoms with van der Waals surface area (Å²) in [6, 6.07) is 7.23. The Hall–Kier alpha value is -2.18. The average molecular weight is 435 g/mol. The van der Waals surface area contributed by atoms with Crippen LogP contribution in [0.2, 0.25) is 5.02 Å². The lowest BCUT2D eigenvalue weighted by atomic mass is 9.73. The van der Waals surface area contributed by atoms with E-state index in [-0.39, 0.29) is 12.8 Å². The summed E-state index contributed by atoms with van der Waals surface area (Å²) in [6.07, 6.45) is -0.842. The van der Waals surface area contributed by atoms with Gasteiger partial charge >= 0.3 is 0 Å². The Labute approximate surface area is 179 Å². The number of fused-ring (bicyclic) bond motifs is 2. The van der Waals surface area contributed by atoms with Gasteiger partial charge in [0.25, 0.3) is 6.43 Å². The van der Waals surface area contributed by atoms with Gasteiger partial charge in [-0.15, -0.1) is 0 Å². The molecule has 3 heterocycles. The molecule has 0 saturated carbocycles. The molecule has 2 N–H and O–H groups in total. The average Bonchev–Trinajstić information content (AvgIpc) is 3.25. The lowest BCUT2D eigenvalue weighted by Gasteiger charge is -2.36. The van der Waals surface area contributed by atoms with Gasteiger partial charge in [-0.3, -0.25) is 4.98 Å². The fourth-order valence-electron chi connectivity index (χ4n) is 4.46. The van der Waals surface area contributed by atoms with Crippen molar-refractivity contribution in [1.82, 2.24) is 9.97 Å². The number of benzene rings is 1. The molecule has 1 aromatic carbocycles. The number of hydrogen-bond acceptors (Lipinski definition) is 3. The largest absolute Gasteiger partial charge is 0.493 e. The van der Waals surface area contributed by atoms with Crippen molar-refractivity contribution in [2.24, 2.45) is 0 Å². The lowest BCUT2D eigenvalue weighted by Crippen LogP contribution is -2.45. The van der Waals surface area contributed by atoms with Crippen LogP contribution >= 0.6 is 11.6 Å². The Bertz CT molecular complexity index is 1100. The standard InChI is InChI=1S/C23H25ClF2N2O2/c1-13-6-19-15(11-27-13)8-17(28-19)10-23(29,21(25)26)12-22(2,3)18-9-16(24)7-14-4-5-30-20(14)18/h6-9,11,21,28-29H,4-5,10,12H2,1-3H3. The molecule has 0 aliphatic carbocycles. The van der Waals surface area contributed by atoms with E-state index < -0.39 is 17.4 Å². The number of pyridine rings is 1. The maximum Gasteiger partial charge on any atom is 0.267 e. The second-order valence-electron chi connectivity index (χ2n) is 8.89. The van der Waals surface area contributed by atoms with Crippen molar-refractivity contribution in [2.75, 3.05) is 6.61 Å². The van der Waals surface area contributed by atoms with Gasteiger partial charge in [-0.2, -0.15) is 0 Å². The van der Waals surface area contributed by atoms with Gasteiger partial charge in [0.05, 0.1) is 6.61 Å². The molecule has 3 aromatic rings. The first-order valence-electron chi connectivity index (χ1n) is 9.98. The number of nitrogens with one attached hydrogen (secondary N) is 1. The Morgan fingerprint density at radius 3 is 2.77 bits per heavy atom. The first-order chi connectivity index (χ1) is 14.1. The van der Waals surface area contributed by atoms with Crippen LogP contribution < -0.4 is 4.74 Å². The van der Waals surface area contributed by atoms with E-state index in [4.69, 9.17) is 16.3 Å². The molecule has 1 aliphatic rings. The van der Waals surface area contributed by atoms with Crippen molar-refractivity contribution in [3.8, 4) is 5.75 Å². The third-order valence-corrected chi connectivity index (χ3v) is 6.04. The van der Waals surface area contributed by atoms with Gasteiger partial charge in [-0.25, -0.2) is 8.78 Å². The van der Waals surface area contributed by atoms with Gasteiger partial charge in [0.15, 0.2) is 0 Å². The number of aliphatic hydroxyl groups is 1. The van der Waals surface area contributed by atoms with Gasteiger partial charge in [-0.1, -0.05) is 25.4 Å². The monoisotopic (exact) mass is 434 g/mol. The number of nitrogens with zero attached hydrogens (tertiary/aromatic N) is 1. The molecular formula is C23H25ClF2N2O2. The number of hydrogen-bond donors (Lipinski definition) is 2. The van der Waals surface area contributed by atoms with E-state index in [1.54, 1.807) is 18.3 Å². The molecule has 0 saturated heterocycles. The number of aryl methyl sites for hydroxylation is 1. The summed E-state index contributed by atoms with van der Waals surface area (Å²) in [6.45, 7) is 6.09. The summed E-state index contributed by atoms with van der Waals surface area (Å²) >= 11 is 6.28. The number of aromatic nitrogens is 2. The fraction of sp³-hybridized carbons (Fsp3) is 0.435. The minimum absolute atomic E-state index is 0.152. The first-order valence-corrected chi connectivity index (χ1v) is 10.4. The summed E-state index contributed by atoms with van der Waals surface area (Å²) in [4.78, 5) is 7.38. The van der Waals surface area contributed by atoms with E-state index in [2.05, 4.69) is 9.97 Å². The van der Waals surface area contributed by atoms with Gasteiger partial charge in [0.2, 0.25) is 0 Å². The van der Waals surface area contributed by atoms with Crippen molar-refractivity contribution in [3.05, 3.63) is 58.0 Å². The molecular weight excluding hydrogens is 410 g/mol. The number of H-pyrrole nitrogens is 1. The zero-order chi connectivity index (χ0) is 21.7. The van der Waals surface area contributed by atoms with E-state index in [9.17, 15) is 13.9 Å². The minimum atomic E-state index is -2.92. The summed E-state index contributed by atoms with van der Waals surface area (Å²) in [7, 11) is 0. The van der Waals surface area contributed by atoms with Crippen LogP contribution in [0.25, 0.3) is 10.9 Å². The second-order valence-corrected chi connectivity index (χ2v) is 9.33. The predicted molar refractivity (Wildman–Crippen MR) is 114 cm³/mol. The smallest absolute Gasteiger partial charge is 0.267 e. The third-order valence-electron chi connectivity index (χ3n) is 5.82. The molecule has 1 atom stereocenters. The second kappa shape index (κ2) is 7.50. The zero-order valence-corrected chi connectivity index (χ0v) is 18.0. The molecule has 4 nitrogen and oxygen atoms in total. The van der Waals surface area contributed by atoms with Gasteiger partial charge in [0.1, 0.15) is 11.4 Å². The highest BCUT2D eigenvalue weighted by Crippen LogP contribution is 2.44. The molecule has 1 unspecified atom stereocenters. The Balaban J connectivity index is 1.66. The number of rotatable bonds is 6. The SMILES string of the molecule is Cc1cc2[nH]c(CC(O)(CC(C)(C)c3cc(Cl)cc4c3OCC4)C(F)F)cc2cn1. The van der Waals surface area contributed by atoms with Gasteiger partial charge < -0.3 is 14.8 Å². The molecule has 7 heteroatoms. The van der Waals surface area contributed by atoms with Crippen LogP contribution in [0.1, 0.15) is 42.8 Å². The zero-order valence-electron chi connectivity index (χ0n) is 17.2. The topological polar surface area (TPSA) is 58.1 Å². The van der Waals surface area contributed by atoms with Crippen LogP contribution in [-0.2, 0) is 18.3 Å². The molecule has 160 valence electrons. The van der Waals surface area contributed by atoms with Crippen molar-refractivity contribution in [1.29, 1.82) is 0 Å². The maximum atomic E-state index is 14.2. The molecule has 4 rings (SSSR count). The number of ether oxygens (including phenoxy) is 1. The molecule has 0 spiro atoms. The highest BCUT2D eigenvalue weighted by molar-refractivity contribution is 6.30. The van der Waals surface area contributed by atoms with Crippen LogP contribution in [0.5, 0.6) is 5.75 Å². The van der Waals surface area contributed by atoms with Crippen molar-refractivity contribution < 1.29 is 18.6 Å². The lowest BCUT2D eigenvalue weighted by molar-refractivity contribution is -0.110. The molecule has 2 aromatic heterocycles. The van der Waals surface area contributed by atoms with Crippen LogP contribution in [0.3, 0.4) is 0 Å². The van der Waals surface area contributed by atoms with Gasteiger partial charge in [0, 0.05) is 51.9 Å². The summed E-state index contributed by atoms with van der Waals surface area (Å²) < 4.78 is 34.1. The molecule has 0 radical (unpaired) electrons. The van der Waals surface area contributed by atoms with E-state index in [0.29, 0.717) is 23.1 Å². The molecule has 0 bridgehead atoms. The van der Waals surface area contributed by atoms with E-state index in [0.717, 1.165) is 34.1 Å². The highest BCUT2D eigenvalue weighted by Gasteiger charge is 2.44. The van der Waals surface area contributed by atoms with Crippen LogP contribution in [0.4, 0.5) is 8.78 Å². The van der Waals surface area contributed by atoms with E-state index >= 15 is 0 Å². The first kappa shape index (κ1) is 21.1. The third kappa shape index (κ3) is 3.91. The van der Waals surface area contributed by atoms with Crippen LogP contribution in [0.15, 0.2) is 30.5 Å².